The van der Waals surface area contributed by atoms with Crippen molar-refractivity contribution in [2.75, 3.05) is 19.0 Å². The number of thiocarbonyl (C=S) groups is 1. The molecule has 2 heterocycles. The van der Waals surface area contributed by atoms with E-state index < -0.39 is 23.6 Å². The van der Waals surface area contributed by atoms with Crippen molar-refractivity contribution in [3.63, 3.8) is 0 Å². The number of carbonyl (C=O) groups excluding carboxylic acids is 1. The SMILES string of the molecule is CC[C@H](C)CCNN(C(=O)C(Cc1cccc(C(F)(F)F)c1)c1cncn1Cc1ccc(C#N)cc1)C(=S)Nc1ccc(OC)nc1. The Hall–Kier alpha value is -4.80. The molecule has 0 saturated carbocycles. The second kappa shape index (κ2) is 16.2. The highest BCUT2D eigenvalue weighted by Gasteiger charge is 2.34. The Labute approximate surface area is 277 Å². The van der Waals surface area contributed by atoms with E-state index in [0.717, 1.165) is 30.5 Å². The maximum Gasteiger partial charge on any atom is 0.416 e. The van der Waals surface area contributed by atoms with Crippen molar-refractivity contribution < 1.29 is 22.7 Å². The fraction of sp³-hybridized carbons (Fsp3) is 0.324. The Morgan fingerprint density at radius 3 is 2.53 bits per heavy atom. The minimum atomic E-state index is -4.55. The van der Waals surface area contributed by atoms with Crippen LogP contribution < -0.4 is 15.5 Å². The number of carbonyl (C=O) groups is 1. The fourth-order valence-electron chi connectivity index (χ4n) is 4.85. The molecule has 0 bridgehead atoms. The number of imidazole rings is 1. The topological polar surface area (TPSA) is 108 Å². The third-order valence-electron chi connectivity index (χ3n) is 7.75. The van der Waals surface area contributed by atoms with E-state index in [4.69, 9.17) is 17.0 Å². The van der Waals surface area contributed by atoms with Crippen LogP contribution in [0.1, 0.15) is 60.6 Å². The van der Waals surface area contributed by atoms with Crippen LogP contribution in [-0.2, 0) is 23.9 Å². The van der Waals surface area contributed by atoms with E-state index in [2.05, 4.69) is 40.6 Å². The minimum absolute atomic E-state index is 0.0401. The number of hydrogen-bond acceptors (Lipinski definition) is 7. The highest BCUT2D eigenvalue weighted by molar-refractivity contribution is 7.80. The number of hydrazine groups is 1. The quantitative estimate of drug-likeness (QED) is 0.120. The van der Waals surface area contributed by atoms with Crippen LogP contribution in [0.4, 0.5) is 18.9 Å². The Morgan fingerprint density at radius 2 is 1.89 bits per heavy atom. The average molecular weight is 664 g/mol. The number of anilines is 1. The first-order valence-electron chi connectivity index (χ1n) is 15.1. The molecule has 47 heavy (non-hydrogen) atoms. The average Bonchev–Trinajstić information content (AvgIpc) is 3.53. The first-order valence-corrected chi connectivity index (χ1v) is 15.5. The van der Waals surface area contributed by atoms with E-state index >= 15 is 0 Å². The number of nitrogens with one attached hydrogen (secondary N) is 2. The molecular weight excluding hydrogens is 627 g/mol. The molecule has 2 N–H and O–H groups in total. The predicted octanol–water partition coefficient (Wildman–Crippen LogP) is 6.72. The Morgan fingerprint density at radius 1 is 1.13 bits per heavy atom. The molecule has 0 aliphatic heterocycles. The van der Waals surface area contributed by atoms with Gasteiger partial charge < -0.3 is 14.6 Å². The molecule has 1 unspecified atom stereocenters. The van der Waals surface area contributed by atoms with Gasteiger partial charge in [-0.1, -0.05) is 50.6 Å². The molecule has 2 aromatic heterocycles. The van der Waals surface area contributed by atoms with Crippen LogP contribution in [-0.4, -0.2) is 44.2 Å². The molecule has 0 aliphatic carbocycles. The summed E-state index contributed by atoms with van der Waals surface area (Å²) in [6.07, 6.45) is 1.72. The zero-order chi connectivity index (χ0) is 34.0. The van der Waals surface area contributed by atoms with Crippen LogP contribution in [0.2, 0.25) is 0 Å². The lowest BCUT2D eigenvalue weighted by Crippen LogP contribution is -2.51. The van der Waals surface area contributed by atoms with Gasteiger partial charge in [0, 0.05) is 25.4 Å². The number of alkyl halides is 3. The maximum absolute atomic E-state index is 14.6. The molecule has 9 nitrogen and oxygen atoms in total. The van der Waals surface area contributed by atoms with Gasteiger partial charge in [0.25, 0.3) is 5.91 Å². The van der Waals surface area contributed by atoms with Crippen LogP contribution >= 0.6 is 12.2 Å². The van der Waals surface area contributed by atoms with E-state index in [9.17, 15) is 23.2 Å². The molecule has 1 amide bonds. The molecule has 0 spiro atoms. The third-order valence-corrected chi connectivity index (χ3v) is 8.04. The number of benzene rings is 2. The van der Waals surface area contributed by atoms with E-state index in [-0.39, 0.29) is 11.5 Å². The largest absolute Gasteiger partial charge is 0.481 e. The molecule has 2 aromatic carbocycles. The monoisotopic (exact) mass is 663 g/mol. The first kappa shape index (κ1) is 35.1. The number of halogens is 3. The number of pyridine rings is 1. The number of aromatic nitrogens is 3. The van der Waals surface area contributed by atoms with Crippen molar-refractivity contribution in [1.82, 2.24) is 25.0 Å². The van der Waals surface area contributed by atoms with E-state index in [1.807, 2.05) is 0 Å². The second-order valence-corrected chi connectivity index (χ2v) is 11.5. The van der Waals surface area contributed by atoms with Gasteiger partial charge in [0.05, 0.1) is 54.1 Å². The van der Waals surface area contributed by atoms with Crippen LogP contribution in [0.5, 0.6) is 5.88 Å². The van der Waals surface area contributed by atoms with Crippen LogP contribution in [0.25, 0.3) is 0 Å². The first-order chi connectivity index (χ1) is 22.5. The fourth-order valence-corrected chi connectivity index (χ4v) is 5.12. The van der Waals surface area contributed by atoms with Gasteiger partial charge in [-0.2, -0.15) is 18.4 Å². The summed E-state index contributed by atoms with van der Waals surface area (Å²) in [6.45, 7) is 4.92. The summed E-state index contributed by atoms with van der Waals surface area (Å²) in [5, 5.41) is 13.5. The molecule has 0 radical (unpaired) electrons. The van der Waals surface area contributed by atoms with E-state index in [0.29, 0.717) is 47.4 Å². The van der Waals surface area contributed by atoms with Crippen LogP contribution in [0.3, 0.4) is 0 Å². The number of methoxy groups -OCH3 is 1. The minimum Gasteiger partial charge on any atom is -0.481 e. The molecule has 13 heteroatoms. The molecule has 4 aromatic rings. The number of ether oxygens (including phenoxy) is 1. The van der Waals surface area contributed by atoms with Gasteiger partial charge in [-0.25, -0.2) is 20.4 Å². The summed E-state index contributed by atoms with van der Waals surface area (Å²) in [6, 6.07) is 17.4. The normalized spacial score (nSPS) is 12.5. The van der Waals surface area contributed by atoms with Gasteiger partial charge in [0.2, 0.25) is 5.88 Å². The summed E-state index contributed by atoms with van der Waals surface area (Å²) in [4.78, 5) is 23.1. The summed E-state index contributed by atoms with van der Waals surface area (Å²) in [7, 11) is 1.50. The van der Waals surface area contributed by atoms with Crippen molar-refractivity contribution in [3.05, 3.63) is 107 Å². The number of nitriles is 1. The van der Waals surface area contributed by atoms with E-state index in [1.165, 1.54) is 24.4 Å². The molecule has 0 aliphatic rings. The summed E-state index contributed by atoms with van der Waals surface area (Å²) in [5.74, 6) is -0.685. The van der Waals surface area contributed by atoms with Crippen molar-refractivity contribution >= 4 is 28.9 Å². The van der Waals surface area contributed by atoms with E-state index in [1.54, 1.807) is 59.6 Å². The van der Waals surface area contributed by atoms with Crippen molar-refractivity contribution in [3.8, 4) is 11.9 Å². The van der Waals surface area contributed by atoms with Gasteiger partial charge in [0.15, 0.2) is 5.11 Å². The Kier molecular flexibility index (Phi) is 12.1. The summed E-state index contributed by atoms with van der Waals surface area (Å²) >= 11 is 5.72. The number of amides is 1. The van der Waals surface area contributed by atoms with Gasteiger partial charge in [-0.15, -0.1) is 0 Å². The van der Waals surface area contributed by atoms with Crippen LogP contribution in [0.15, 0.2) is 79.4 Å². The van der Waals surface area contributed by atoms with Crippen molar-refractivity contribution in [2.24, 2.45) is 5.92 Å². The second-order valence-electron chi connectivity index (χ2n) is 11.1. The zero-order valence-corrected chi connectivity index (χ0v) is 27.1. The van der Waals surface area contributed by atoms with Crippen LogP contribution in [0, 0.1) is 17.2 Å². The Balaban J connectivity index is 1.72. The molecule has 4 rings (SSSR count). The van der Waals surface area contributed by atoms with Gasteiger partial charge in [-0.05, 0) is 66.4 Å². The zero-order valence-electron chi connectivity index (χ0n) is 26.3. The van der Waals surface area contributed by atoms with Gasteiger partial charge in [-0.3, -0.25) is 4.79 Å². The van der Waals surface area contributed by atoms with Crippen molar-refractivity contribution in [2.45, 2.75) is 51.7 Å². The Bertz CT molecular complexity index is 1690. The molecule has 2 atom stereocenters. The smallest absolute Gasteiger partial charge is 0.416 e. The molecule has 246 valence electrons. The summed E-state index contributed by atoms with van der Waals surface area (Å²) < 4.78 is 47.9. The highest BCUT2D eigenvalue weighted by atomic mass is 32.1. The lowest BCUT2D eigenvalue weighted by Gasteiger charge is -2.29. The molecular formula is C34H36F3N7O2S. The highest BCUT2D eigenvalue weighted by Crippen LogP contribution is 2.32. The standard InChI is InChI=1S/C34H36F3N7O2S/c1-4-23(2)14-15-41-44(33(47)42-28-12-13-31(46-3)40-19-28)32(45)29(17-26-6-5-7-27(16-26)34(35,36)37)30-20-39-22-43(30)21-25-10-8-24(18-38)9-11-25/h5-13,16,19-20,22-23,29,41H,4,14-15,17,21H2,1-3H3,(H,42,47)/t23-,29?/m0/s1. The summed E-state index contributed by atoms with van der Waals surface area (Å²) in [5.41, 5.74) is 5.03. The number of hydrogen-bond donors (Lipinski definition) is 2. The lowest BCUT2D eigenvalue weighted by molar-refractivity contribution is -0.137. The number of nitrogens with zero attached hydrogens (tertiary/aromatic N) is 5. The maximum atomic E-state index is 14.6. The van der Waals surface area contributed by atoms with Gasteiger partial charge >= 0.3 is 6.18 Å². The number of rotatable bonds is 13. The van der Waals surface area contributed by atoms with Gasteiger partial charge in [0.1, 0.15) is 0 Å². The van der Waals surface area contributed by atoms with Crippen molar-refractivity contribution in [1.29, 1.82) is 5.26 Å². The molecule has 0 saturated heterocycles. The third kappa shape index (κ3) is 9.60. The lowest BCUT2D eigenvalue weighted by atomic mass is 9.94. The predicted molar refractivity (Wildman–Crippen MR) is 176 cm³/mol. The molecule has 0 fully saturated rings.